The Bertz CT molecular complexity index is 425. The molecule has 4 heteroatoms. The summed E-state index contributed by atoms with van der Waals surface area (Å²) in [5.74, 6) is 0.828. The Balaban J connectivity index is 1.64. The number of benzene rings is 1. The van der Waals surface area contributed by atoms with E-state index >= 15 is 0 Å². The third kappa shape index (κ3) is 4.55. The number of rotatable bonds is 5. The zero-order chi connectivity index (χ0) is 13.5. The monoisotopic (exact) mass is 260 g/mol. The smallest absolute Gasteiger partial charge is 0.119 e. The van der Waals surface area contributed by atoms with Gasteiger partial charge in [-0.3, -0.25) is 4.90 Å². The van der Waals surface area contributed by atoms with Gasteiger partial charge in [0.25, 0.3) is 0 Å². The first-order chi connectivity index (χ1) is 9.28. The van der Waals surface area contributed by atoms with Crippen molar-refractivity contribution < 1.29 is 9.47 Å². The molecule has 0 aromatic heterocycles. The summed E-state index contributed by atoms with van der Waals surface area (Å²) < 4.78 is 11.2. The molecule has 102 valence electrons. The molecule has 0 bridgehead atoms. The summed E-state index contributed by atoms with van der Waals surface area (Å²) in [4.78, 5) is 2.41. The van der Waals surface area contributed by atoms with Crippen molar-refractivity contribution in [2.24, 2.45) is 0 Å². The lowest BCUT2D eigenvalue weighted by Gasteiger charge is -2.30. The van der Waals surface area contributed by atoms with E-state index in [0.717, 1.165) is 38.4 Å². The zero-order valence-corrected chi connectivity index (χ0v) is 11.3. The first kappa shape index (κ1) is 13.9. The van der Waals surface area contributed by atoms with Gasteiger partial charge in [-0.2, -0.15) is 5.26 Å². The zero-order valence-electron chi connectivity index (χ0n) is 11.3. The SMILES string of the molecule is C[C@H]1CN(CCCOc2ccc(C#N)cc2)CCO1. The van der Waals surface area contributed by atoms with Crippen LogP contribution in [0.5, 0.6) is 5.75 Å². The molecule has 0 radical (unpaired) electrons. The fraction of sp³-hybridized carbons (Fsp3) is 0.533. The quantitative estimate of drug-likeness (QED) is 0.760. The van der Waals surface area contributed by atoms with Gasteiger partial charge in [0, 0.05) is 19.6 Å². The number of hydrogen-bond donors (Lipinski definition) is 0. The normalized spacial score (nSPS) is 19.9. The van der Waals surface area contributed by atoms with Crippen molar-refractivity contribution in [1.29, 1.82) is 5.26 Å². The minimum atomic E-state index is 0.341. The molecule has 0 saturated carbocycles. The van der Waals surface area contributed by atoms with Crippen molar-refractivity contribution in [3.8, 4) is 11.8 Å². The number of morpholine rings is 1. The molecule has 1 saturated heterocycles. The van der Waals surface area contributed by atoms with Crippen LogP contribution in [0.4, 0.5) is 0 Å². The second-order valence-corrected chi connectivity index (χ2v) is 4.82. The lowest BCUT2D eigenvalue weighted by Crippen LogP contribution is -2.41. The van der Waals surface area contributed by atoms with Crippen LogP contribution in [0.2, 0.25) is 0 Å². The Morgan fingerprint density at radius 3 is 2.89 bits per heavy atom. The van der Waals surface area contributed by atoms with Gasteiger partial charge in [-0.15, -0.1) is 0 Å². The lowest BCUT2D eigenvalue weighted by molar-refractivity contribution is -0.0193. The second-order valence-electron chi connectivity index (χ2n) is 4.82. The van der Waals surface area contributed by atoms with E-state index in [9.17, 15) is 0 Å². The Labute approximate surface area is 114 Å². The lowest BCUT2D eigenvalue weighted by atomic mass is 10.2. The Kier molecular flexibility index (Phi) is 5.20. The maximum Gasteiger partial charge on any atom is 0.119 e. The highest BCUT2D eigenvalue weighted by Crippen LogP contribution is 2.12. The van der Waals surface area contributed by atoms with Crippen LogP contribution in [-0.4, -0.2) is 43.9 Å². The Morgan fingerprint density at radius 2 is 2.21 bits per heavy atom. The van der Waals surface area contributed by atoms with Gasteiger partial charge in [0.2, 0.25) is 0 Å². The summed E-state index contributed by atoms with van der Waals surface area (Å²) >= 11 is 0. The van der Waals surface area contributed by atoms with Gasteiger partial charge in [-0.05, 0) is 37.6 Å². The molecule has 1 aromatic carbocycles. The molecule has 1 fully saturated rings. The predicted octanol–water partition coefficient (Wildman–Crippen LogP) is 2.05. The van der Waals surface area contributed by atoms with Crippen LogP contribution in [0.25, 0.3) is 0 Å². The van der Waals surface area contributed by atoms with E-state index in [4.69, 9.17) is 14.7 Å². The second kappa shape index (κ2) is 7.13. The molecule has 2 rings (SSSR count). The molecule has 19 heavy (non-hydrogen) atoms. The standard InChI is InChI=1S/C15H20N2O2/c1-13-12-17(8-10-18-13)7-2-9-19-15-5-3-14(11-16)4-6-15/h3-6,13H,2,7-10,12H2,1H3/t13-/m0/s1. The molecule has 1 aromatic rings. The number of ether oxygens (including phenoxy) is 2. The van der Waals surface area contributed by atoms with Crippen LogP contribution in [0.1, 0.15) is 18.9 Å². The van der Waals surface area contributed by atoms with Gasteiger partial charge in [-0.25, -0.2) is 0 Å². The molecule has 0 unspecified atom stereocenters. The summed E-state index contributed by atoms with van der Waals surface area (Å²) in [7, 11) is 0. The topological polar surface area (TPSA) is 45.5 Å². The van der Waals surface area contributed by atoms with Crippen molar-refractivity contribution in [3.63, 3.8) is 0 Å². The van der Waals surface area contributed by atoms with Gasteiger partial charge >= 0.3 is 0 Å². The molecule has 0 N–H and O–H groups in total. The molecular formula is C15H20N2O2. The Hall–Kier alpha value is -1.57. The van der Waals surface area contributed by atoms with Crippen molar-refractivity contribution in [2.45, 2.75) is 19.4 Å². The van der Waals surface area contributed by atoms with E-state index in [-0.39, 0.29) is 0 Å². The van der Waals surface area contributed by atoms with Crippen LogP contribution in [0, 0.1) is 11.3 Å². The fourth-order valence-electron chi connectivity index (χ4n) is 2.20. The van der Waals surface area contributed by atoms with E-state index in [2.05, 4.69) is 17.9 Å². The van der Waals surface area contributed by atoms with Gasteiger partial charge in [-0.1, -0.05) is 0 Å². The minimum Gasteiger partial charge on any atom is -0.494 e. The van der Waals surface area contributed by atoms with E-state index < -0.39 is 0 Å². The van der Waals surface area contributed by atoms with Gasteiger partial charge in [0.1, 0.15) is 5.75 Å². The fourth-order valence-corrected chi connectivity index (χ4v) is 2.20. The van der Waals surface area contributed by atoms with E-state index in [1.807, 2.05) is 12.1 Å². The molecule has 0 amide bonds. The maximum absolute atomic E-state index is 8.70. The van der Waals surface area contributed by atoms with Crippen LogP contribution >= 0.6 is 0 Å². The first-order valence-electron chi connectivity index (χ1n) is 6.75. The van der Waals surface area contributed by atoms with Crippen molar-refractivity contribution >= 4 is 0 Å². The largest absolute Gasteiger partial charge is 0.494 e. The molecular weight excluding hydrogens is 240 g/mol. The van der Waals surface area contributed by atoms with Crippen molar-refractivity contribution in [2.75, 3.05) is 32.8 Å². The minimum absolute atomic E-state index is 0.341. The van der Waals surface area contributed by atoms with Crippen LogP contribution in [0.15, 0.2) is 24.3 Å². The number of nitrogens with zero attached hydrogens (tertiary/aromatic N) is 2. The molecule has 0 aliphatic carbocycles. The maximum atomic E-state index is 8.70. The molecule has 1 aliphatic heterocycles. The molecule has 4 nitrogen and oxygen atoms in total. The van der Waals surface area contributed by atoms with E-state index in [1.165, 1.54) is 0 Å². The van der Waals surface area contributed by atoms with Gasteiger partial charge in [0.05, 0.1) is 31.0 Å². The average Bonchev–Trinajstić information content (AvgIpc) is 2.44. The molecule has 1 heterocycles. The highest BCUT2D eigenvalue weighted by Gasteiger charge is 2.15. The van der Waals surface area contributed by atoms with Gasteiger partial charge in [0.15, 0.2) is 0 Å². The summed E-state index contributed by atoms with van der Waals surface area (Å²) in [6.07, 6.45) is 1.35. The van der Waals surface area contributed by atoms with Crippen LogP contribution < -0.4 is 4.74 Å². The summed E-state index contributed by atoms with van der Waals surface area (Å²) in [6.45, 7) is 6.72. The van der Waals surface area contributed by atoms with Crippen molar-refractivity contribution in [3.05, 3.63) is 29.8 Å². The molecule has 1 aliphatic rings. The Morgan fingerprint density at radius 1 is 1.42 bits per heavy atom. The van der Waals surface area contributed by atoms with Crippen molar-refractivity contribution in [1.82, 2.24) is 4.90 Å². The number of nitriles is 1. The van der Waals surface area contributed by atoms with Crippen LogP contribution in [-0.2, 0) is 4.74 Å². The first-order valence-corrected chi connectivity index (χ1v) is 6.75. The average molecular weight is 260 g/mol. The number of hydrogen-bond acceptors (Lipinski definition) is 4. The summed E-state index contributed by atoms with van der Waals surface area (Å²) in [5.41, 5.74) is 0.662. The molecule has 0 spiro atoms. The van der Waals surface area contributed by atoms with E-state index in [0.29, 0.717) is 18.3 Å². The predicted molar refractivity (Wildman–Crippen MR) is 73.1 cm³/mol. The summed E-state index contributed by atoms with van der Waals surface area (Å²) in [5, 5.41) is 8.70. The third-order valence-electron chi connectivity index (χ3n) is 3.20. The summed E-state index contributed by atoms with van der Waals surface area (Å²) in [6, 6.07) is 9.33. The van der Waals surface area contributed by atoms with Gasteiger partial charge < -0.3 is 9.47 Å². The highest BCUT2D eigenvalue weighted by molar-refractivity contribution is 5.34. The molecule has 1 atom stereocenters. The van der Waals surface area contributed by atoms with E-state index in [1.54, 1.807) is 12.1 Å². The third-order valence-corrected chi connectivity index (χ3v) is 3.20. The highest BCUT2D eigenvalue weighted by atomic mass is 16.5. The van der Waals surface area contributed by atoms with Crippen LogP contribution in [0.3, 0.4) is 0 Å².